The Kier molecular flexibility index (Phi) is 3.93. The van der Waals surface area contributed by atoms with Crippen LogP contribution in [0.15, 0.2) is 30.5 Å². The predicted molar refractivity (Wildman–Crippen MR) is 75.7 cm³/mol. The summed E-state index contributed by atoms with van der Waals surface area (Å²) in [7, 11) is 0. The summed E-state index contributed by atoms with van der Waals surface area (Å²) in [6.45, 7) is 1.87. The Bertz CT molecular complexity index is 645. The average molecular weight is 297 g/mol. The third kappa shape index (κ3) is 3.16. The van der Waals surface area contributed by atoms with E-state index >= 15 is 0 Å². The van der Waals surface area contributed by atoms with Crippen molar-refractivity contribution in [2.75, 3.05) is 5.32 Å². The van der Waals surface area contributed by atoms with Crippen molar-refractivity contribution < 1.29 is 9.90 Å². The number of anilines is 2. The molecule has 0 saturated heterocycles. The van der Waals surface area contributed by atoms with Gasteiger partial charge < -0.3 is 10.4 Å². The molecule has 6 heteroatoms. The van der Waals surface area contributed by atoms with Gasteiger partial charge in [0.1, 0.15) is 10.7 Å². The average Bonchev–Trinajstić information content (AvgIpc) is 2.32. The Morgan fingerprint density at radius 1 is 1.26 bits per heavy atom. The van der Waals surface area contributed by atoms with Gasteiger partial charge in [0.2, 0.25) is 0 Å². The van der Waals surface area contributed by atoms with Crippen LogP contribution in [0.4, 0.5) is 11.4 Å². The molecule has 0 aliphatic carbocycles. The second-order valence-corrected chi connectivity index (χ2v) is 4.77. The third-order valence-electron chi connectivity index (χ3n) is 2.56. The van der Waals surface area contributed by atoms with Crippen LogP contribution >= 0.6 is 23.2 Å². The number of halogens is 2. The van der Waals surface area contributed by atoms with Crippen molar-refractivity contribution in [3.8, 4) is 0 Å². The molecule has 0 fully saturated rings. The second kappa shape index (κ2) is 5.47. The molecule has 2 aromatic rings. The molecule has 2 N–H and O–H groups in total. The van der Waals surface area contributed by atoms with Gasteiger partial charge in [0.05, 0.1) is 5.69 Å². The van der Waals surface area contributed by atoms with Crippen LogP contribution in [0.25, 0.3) is 0 Å². The molecule has 19 heavy (non-hydrogen) atoms. The third-order valence-corrected chi connectivity index (χ3v) is 3.00. The highest BCUT2D eigenvalue weighted by Crippen LogP contribution is 2.27. The molecule has 1 aromatic carbocycles. The molecule has 1 aromatic heterocycles. The van der Waals surface area contributed by atoms with Crippen LogP contribution in [-0.4, -0.2) is 16.1 Å². The van der Waals surface area contributed by atoms with E-state index in [4.69, 9.17) is 28.3 Å². The van der Waals surface area contributed by atoms with Gasteiger partial charge in [0.25, 0.3) is 0 Å². The number of aromatic carboxylic acids is 1. The maximum Gasteiger partial charge on any atom is 0.339 e. The molecule has 0 atom stereocenters. The van der Waals surface area contributed by atoms with Crippen LogP contribution in [-0.2, 0) is 0 Å². The van der Waals surface area contributed by atoms with Gasteiger partial charge in [-0.1, -0.05) is 23.2 Å². The van der Waals surface area contributed by atoms with E-state index in [9.17, 15) is 4.79 Å². The topological polar surface area (TPSA) is 62.2 Å². The van der Waals surface area contributed by atoms with Crippen LogP contribution in [0.3, 0.4) is 0 Å². The first-order chi connectivity index (χ1) is 8.97. The summed E-state index contributed by atoms with van der Waals surface area (Å²) < 4.78 is 0. The predicted octanol–water partition coefficient (Wildman–Crippen LogP) is 4.14. The fraction of sp³-hybridized carbons (Fsp3) is 0.0769. The lowest BCUT2D eigenvalue weighted by molar-refractivity contribution is 0.0697. The number of pyridine rings is 1. The number of carboxylic acids is 1. The zero-order valence-corrected chi connectivity index (χ0v) is 11.5. The number of hydrogen-bond acceptors (Lipinski definition) is 3. The normalized spacial score (nSPS) is 10.3. The van der Waals surface area contributed by atoms with Gasteiger partial charge in [0, 0.05) is 16.9 Å². The molecule has 0 aliphatic heterocycles. The molecule has 0 radical (unpaired) electrons. The lowest BCUT2D eigenvalue weighted by Crippen LogP contribution is -2.04. The fourth-order valence-electron chi connectivity index (χ4n) is 1.62. The van der Waals surface area contributed by atoms with E-state index in [-0.39, 0.29) is 10.7 Å². The molecule has 0 amide bonds. The van der Waals surface area contributed by atoms with E-state index in [1.165, 1.54) is 12.3 Å². The minimum Gasteiger partial charge on any atom is -0.478 e. The summed E-state index contributed by atoms with van der Waals surface area (Å²) in [6, 6.07) is 6.75. The van der Waals surface area contributed by atoms with E-state index in [2.05, 4.69) is 10.3 Å². The van der Waals surface area contributed by atoms with Crippen molar-refractivity contribution in [3.63, 3.8) is 0 Å². The number of benzene rings is 1. The Hall–Kier alpha value is -1.78. The smallest absolute Gasteiger partial charge is 0.339 e. The van der Waals surface area contributed by atoms with E-state index < -0.39 is 5.97 Å². The van der Waals surface area contributed by atoms with Gasteiger partial charge in [-0.3, -0.25) is 0 Å². The molecule has 0 spiro atoms. The summed E-state index contributed by atoms with van der Waals surface area (Å²) in [5, 5.41) is 13.0. The minimum absolute atomic E-state index is 0.0544. The van der Waals surface area contributed by atoms with Crippen LogP contribution in [0.2, 0.25) is 10.2 Å². The number of hydrogen-bond donors (Lipinski definition) is 2. The van der Waals surface area contributed by atoms with Crippen LogP contribution in [0, 0.1) is 6.92 Å². The maximum atomic E-state index is 11.1. The molecule has 4 nitrogen and oxygen atoms in total. The maximum absolute atomic E-state index is 11.1. The zero-order valence-electron chi connectivity index (χ0n) is 9.95. The first-order valence-corrected chi connectivity index (χ1v) is 6.15. The van der Waals surface area contributed by atoms with E-state index in [1.807, 2.05) is 6.92 Å². The number of aryl methyl sites for hydroxylation is 1. The number of carboxylic acid groups (broad SMARTS) is 1. The first kappa shape index (κ1) is 13.6. The largest absolute Gasteiger partial charge is 0.478 e. The summed E-state index contributed by atoms with van der Waals surface area (Å²) in [5.74, 6) is -1.07. The molecule has 1 heterocycles. The lowest BCUT2D eigenvalue weighted by Gasteiger charge is -2.12. The van der Waals surface area contributed by atoms with Gasteiger partial charge >= 0.3 is 5.97 Å². The minimum atomic E-state index is -1.07. The molecule has 0 aliphatic rings. The van der Waals surface area contributed by atoms with Gasteiger partial charge in [-0.25, -0.2) is 9.78 Å². The van der Waals surface area contributed by atoms with Crippen molar-refractivity contribution in [1.82, 2.24) is 4.98 Å². The van der Waals surface area contributed by atoms with Crippen LogP contribution in [0.1, 0.15) is 15.9 Å². The summed E-state index contributed by atoms with van der Waals surface area (Å²) in [6.07, 6.45) is 1.22. The quantitative estimate of drug-likeness (QED) is 0.836. The van der Waals surface area contributed by atoms with Crippen molar-refractivity contribution in [3.05, 3.63) is 51.8 Å². The molecule has 0 unspecified atom stereocenters. The molecule has 2 rings (SSSR count). The number of aromatic nitrogens is 1. The Balaban J connectivity index is 2.42. The Labute approximate surface area is 120 Å². The first-order valence-electron chi connectivity index (χ1n) is 5.39. The van der Waals surface area contributed by atoms with Crippen LogP contribution < -0.4 is 5.32 Å². The van der Waals surface area contributed by atoms with Crippen molar-refractivity contribution in [2.45, 2.75) is 6.92 Å². The van der Waals surface area contributed by atoms with Gasteiger partial charge in [-0.15, -0.1) is 0 Å². The monoisotopic (exact) mass is 296 g/mol. The molecular formula is C13H10Cl2N2O2. The molecule has 98 valence electrons. The van der Waals surface area contributed by atoms with Crippen LogP contribution in [0.5, 0.6) is 0 Å². The zero-order chi connectivity index (χ0) is 14.0. The summed E-state index contributed by atoms with van der Waals surface area (Å²) in [5.41, 5.74) is 2.10. The Morgan fingerprint density at radius 2 is 2.00 bits per heavy atom. The van der Waals surface area contributed by atoms with Crippen molar-refractivity contribution in [2.24, 2.45) is 0 Å². The standard InChI is InChI=1S/C13H10Cl2N2O2/c1-7-4-8(14)2-3-10(7)17-11-5-12(15)16-6-9(11)13(18)19/h2-6H,1H3,(H,16,17)(H,18,19). The van der Waals surface area contributed by atoms with Gasteiger partial charge in [0.15, 0.2) is 0 Å². The molecule has 0 saturated carbocycles. The molecule has 0 bridgehead atoms. The van der Waals surface area contributed by atoms with Crippen molar-refractivity contribution in [1.29, 1.82) is 0 Å². The summed E-state index contributed by atoms with van der Waals surface area (Å²) in [4.78, 5) is 14.9. The van der Waals surface area contributed by atoms with E-state index in [0.29, 0.717) is 10.7 Å². The summed E-state index contributed by atoms with van der Waals surface area (Å²) >= 11 is 11.7. The van der Waals surface area contributed by atoms with Gasteiger partial charge in [-0.05, 0) is 36.8 Å². The highest BCUT2D eigenvalue weighted by Gasteiger charge is 2.12. The number of nitrogens with one attached hydrogen (secondary N) is 1. The second-order valence-electron chi connectivity index (χ2n) is 3.94. The molecular weight excluding hydrogens is 287 g/mol. The SMILES string of the molecule is Cc1cc(Cl)ccc1Nc1cc(Cl)ncc1C(=O)O. The highest BCUT2D eigenvalue weighted by atomic mass is 35.5. The van der Waals surface area contributed by atoms with Crippen molar-refractivity contribution >= 4 is 40.5 Å². The fourth-order valence-corrected chi connectivity index (χ4v) is 2.00. The van der Waals surface area contributed by atoms with E-state index in [1.54, 1.807) is 18.2 Å². The Morgan fingerprint density at radius 3 is 2.63 bits per heavy atom. The van der Waals surface area contributed by atoms with Gasteiger partial charge in [-0.2, -0.15) is 0 Å². The lowest BCUT2D eigenvalue weighted by atomic mass is 10.1. The van der Waals surface area contributed by atoms with E-state index in [0.717, 1.165) is 11.3 Å². The number of nitrogens with zero attached hydrogens (tertiary/aromatic N) is 1. The highest BCUT2D eigenvalue weighted by molar-refractivity contribution is 6.30. The number of rotatable bonds is 3. The number of carbonyl (C=O) groups is 1.